The number of amidine groups is 1. The summed E-state index contributed by atoms with van der Waals surface area (Å²) in [5.74, 6) is -1.62. The molecule has 0 amide bonds. The first-order valence-electron chi connectivity index (χ1n) is 11.1. The molecule has 3 aromatic carbocycles. The van der Waals surface area contributed by atoms with Crippen LogP contribution in [0.4, 0.5) is 27.6 Å². The minimum absolute atomic E-state index is 0.158. The maximum Gasteiger partial charge on any atom is 0.573 e. The smallest absolute Gasteiger partial charge is 0.406 e. The number of ether oxygens (including phenoxy) is 1. The number of rotatable bonds is 7. The molecule has 0 saturated heterocycles. The van der Waals surface area contributed by atoms with Crippen LogP contribution in [0.5, 0.6) is 5.75 Å². The second kappa shape index (κ2) is 11.8. The zero-order chi connectivity index (χ0) is 28.0. The van der Waals surface area contributed by atoms with Gasteiger partial charge in [0.25, 0.3) is 0 Å². The Bertz CT molecular complexity index is 1580. The topological polar surface area (TPSA) is 89.6 Å². The van der Waals surface area contributed by atoms with Crippen LogP contribution in [0, 0.1) is 18.6 Å². The molecule has 0 saturated carbocycles. The van der Waals surface area contributed by atoms with Gasteiger partial charge in [-0.25, -0.2) is 18.8 Å². The highest BCUT2D eigenvalue weighted by Gasteiger charge is 2.30. The molecule has 0 bridgehead atoms. The average Bonchev–Trinajstić information content (AvgIpc) is 3.24. The molecule has 13 heteroatoms. The number of nitrogens with zero attached hydrogens (tertiary/aromatic N) is 5. The van der Waals surface area contributed by atoms with E-state index in [1.165, 1.54) is 58.8 Å². The largest absolute Gasteiger partial charge is 0.573 e. The maximum atomic E-state index is 14.3. The molecule has 2 N–H and O–H groups in total. The molecule has 0 aliphatic rings. The molecule has 1 aromatic heterocycles. The van der Waals surface area contributed by atoms with Crippen molar-refractivity contribution >= 4 is 35.4 Å². The maximum absolute atomic E-state index is 14.3. The number of aliphatic imine (C=N–C) groups is 2. The van der Waals surface area contributed by atoms with Gasteiger partial charge < -0.3 is 10.5 Å². The first kappa shape index (κ1) is 27.4. The molecule has 0 aliphatic heterocycles. The first-order valence-corrected chi connectivity index (χ1v) is 12.0. The molecule has 39 heavy (non-hydrogen) atoms. The highest BCUT2D eigenvalue weighted by molar-refractivity contribution is 7.07. The number of benzene rings is 3. The van der Waals surface area contributed by atoms with Crippen LogP contribution in [-0.2, 0) is 0 Å². The predicted octanol–water partition coefficient (Wildman–Crippen LogP) is 6.02. The Morgan fingerprint density at radius 1 is 0.974 bits per heavy atom. The standard InChI is InChI=1S/C26H19F5N6OS/c1-16-14-39-25(37(16)23-21(27)3-2-4-22(23)28)36-35-13-17-5-7-18(8-6-17)24(32)34-15-33-19-9-11-20(12-10-19)38-26(29,30)31/h2-15H,1H3,(H2,32,33,34)/b35-13+,36-25-. The summed E-state index contributed by atoms with van der Waals surface area (Å²) in [6, 6.07) is 15.4. The molecule has 0 fully saturated rings. The number of thiazole rings is 1. The molecule has 0 aliphatic carbocycles. The number of alkyl halides is 3. The monoisotopic (exact) mass is 558 g/mol. The average molecular weight is 559 g/mol. The summed E-state index contributed by atoms with van der Waals surface area (Å²) in [5.41, 5.74) is 7.99. The minimum atomic E-state index is -4.77. The Labute approximate surface area is 222 Å². The van der Waals surface area contributed by atoms with E-state index in [-0.39, 0.29) is 17.3 Å². The van der Waals surface area contributed by atoms with Gasteiger partial charge in [0.05, 0.1) is 11.9 Å². The Hall–Kier alpha value is -4.65. The number of nitrogens with two attached hydrogens (primary N) is 1. The van der Waals surface area contributed by atoms with Gasteiger partial charge in [-0.3, -0.25) is 4.57 Å². The summed E-state index contributed by atoms with van der Waals surface area (Å²) in [4.78, 5) is 8.36. The molecule has 0 radical (unpaired) electrons. The fraction of sp³-hybridized carbons (Fsp3) is 0.0769. The Kier molecular flexibility index (Phi) is 8.30. The molecule has 200 valence electrons. The van der Waals surface area contributed by atoms with Crippen LogP contribution < -0.4 is 15.3 Å². The fourth-order valence-electron chi connectivity index (χ4n) is 3.29. The van der Waals surface area contributed by atoms with Gasteiger partial charge in [-0.15, -0.1) is 29.6 Å². The van der Waals surface area contributed by atoms with Crippen molar-refractivity contribution in [2.24, 2.45) is 25.9 Å². The van der Waals surface area contributed by atoms with Crippen LogP contribution in [0.2, 0.25) is 0 Å². The van der Waals surface area contributed by atoms with Crippen molar-refractivity contribution in [2.45, 2.75) is 13.3 Å². The Morgan fingerprint density at radius 2 is 1.64 bits per heavy atom. The van der Waals surface area contributed by atoms with Gasteiger partial charge in [0, 0.05) is 16.6 Å². The van der Waals surface area contributed by atoms with Gasteiger partial charge in [0.2, 0.25) is 4.80 Å². The van der Waals surface area contributed by atoms with E-state index in [1.54, 1.807) is 36.6 Å². The van der Waals surface area contributed by atoms with E-state index in [4.69, 9.17) is 5.73 Å². The first-order chi connectivity index (χ1) is 18.6. The van der Waals surface area contributed by atoms with Crippen molar-refractivity contribution in [1.29, 1.82) is 0 Å². The highest BCUT2D eigenvalue weighted by atomic mass is 32.1. The molecule has 7 nitrogen and oxygen atoms in total. The van der Waals surface area contributed by atoms with E-state index in [2.05, 4.69) is 24.9 Å². The van der Waals surface area contributed by atoms with Crippen molar-refractivity contribution in [3.63, 3.8) is 0 Å². The van der Waals surface area contributed by atoms with Crippen molar-refractivity contribution in [1.82, 2.24) is 4.57 Å². The van der Waals surface area contributed by atoms with Crippen LogP contribution >= 0.6 is 11.3 Å². The van der Waals surface area contributed by atoms with Crippen LogP contribution in [0.3, 0.4) is 0 Å². The lowest BCUT2D eigenvalue weighted by atomic mass is 10.1. The van der Waals surface area contributed by atoms with Crippen LogP contribution in [0.15, 0.2) is 92.3 Å². The quantitative estimate of drug-likeness (QED) is 0.130. The van der Waals surface area contributed by atoms with Gasteiger partial charge in [-0.1, -0.05) is 30.3 Å². The number of halogens is 5. The summed E-state index contributed by atoms with van der Waals surface area (Å²) >= 11 is 1.19. The van der Waals surface area contributed by atoms with E-state index < -0.39 is 18.0 Å². The van der Waals surface area contributed by atoms with Crippen molar-refractivity contribution < 1.29 is 26.7 Å². The Balaban J connectivity index is 1.43. The molecule has 0 spiro atoms. The van der Waals surface area contributed by atoms with Gasteiger partial charge >= 0.3 is 6.36 Å². The lowest BCUT2D eigenvalue weighted by Gasteiger charge is -2.08. The molecule has 4 rings (SSSR count). The van der Waals surface area contributed by atoms with E-state index in [9.17, 15) is 22.0 Å². The van der Waals surface area contributed by atoms with Crippen molar-refractivity contribution in [3.05, 3.63) is 105 Å². The lowest BCUT2D eigenvalue weighted by molar-refractivity contribution is -0.274. The normalized spacial score (nSPS) is 13.1. The van der Waals surface area contributed by atoms with E-state index in [0.29, 0.717) is 27.3 Å². The number of hydrogen-bond donors (Lipinski definition) is 1. The van der Waals surface area contributed by atoms with Crippen LogP contribution in [-0.4, -0.2) is 29.3 Å². The van der Waals surface area contributed by atoms with E-state index >= 15 is 0 Å². The Morgan fingerprint density at radius 3 is 2.28 bits per heavy atom. The van der Waals surface area contributed by atoms with E-state index in [0.717, 1.165) is 12.1 Å². The summed E-state index contributed by atoms with van der Waals surface area (Å²) in [5, 5.41) is 9.88. The molecular formula is C26H19F5N6OS. The zero-order valence-electron chi connectivity index (χ0n) is 20.1. The molecular weight excluding hydrogens is 539 g/mol. The predicted molar refractivity (Wildman–Crippen MR) is 140 cm³/mol. The van der Waals surface area contributed by atoms with Crippen LogP contribution in [0.1, 0.15) is 16.8 Å². The van der Waals surface area contributed by atoms with Crippen molar-refractivity contribution in [2.75, 3.05) is 0 Å². The summed E-state index contributed by atoms with van der Waals surface area (Å²) in [6.45, 7) is 1.71. The van der Waals surface area contributed by atoms with Gasteiger partial charge in [0.15, 0.2) is 0 Å². The van der Waals surface area contributed by atoms with Crippen molar-refractivity contribution in [3.8, 4) is 11.4 Å². The third-order valence-electron chi connectivity index (χ3n) is 5.07. The SMILES string of the molecule is Cc1cs/c(=N\N=C\c2ccc(C(N)=NC=Nc3ccc(OC(F)(F)F)cc3)cc2)n1-c1c(F)cccc1F. The highest BCUT2D eigenvalue weighted by Crippen LogP contribution is 2.24. The lowest BCUT2D eigenvalue weighted by Crippen LogP contribution is -2.16. The third-order valence-corrected chi connectivity index (χ3v) is 6.00. The summed E-state index contributed by atoms with van der Waals surface area (Å²) in [6.07, 6.45) is -2.11. The number of para-hydroxylation sites is 1. The van der Waals surface area contributed by atoms with Gasteiger partial charge in [-0.2, -0.15) is 5.10 Å². The second-order valence-electron chi connectivity index (χ2n) is 7.83. The molecule has 0 unspecified atom stereocenters. The molecule has 4 aromatic rings. The third kappa shape index (κ3) is 7.23. The number of aromatic nitrogens is 1. The van der Waals surface area contributed by atoms with Crippen LogP contribution in [0.25, 0.3) is 5.69 Å². The number of hydrogen-bond acceptors (Lipinski definition) is 5. The van der Waals surface area contributed by atoms with Gasteiger partial charge in [-0.05, 0) is 48.9 Å². The van der Waals surface area contributed by atoms with Gasteiger partial charge in [0.1, 0.15) is 35.2 Å². The zero-order valence-corrected chi connectivity index (χ0v) is 20.9. The molecule has 0 atom stereocenters. The minimum Gasteiger partial charge on any atom is -0.406 e. The fourth-order valence-corrected chi connectivity index (χ4v) is 4.10. The summed E-state index contributed by atoms with van der Waals surface area (Å²) in [7, 11) is 0. The summed E-state index contributed by atoms with van der Waals surface area (Å²) < 4.78 is 70.4. The second-order valence-corrected chi connectivity index (χ2v) is 8.67. The number of aryl methyl sites for hydroxylation is 1. The molecule has 1 heterocycles. The van der Waals surface area contributed by atoms with E-state index in [1.807, 2.05) is 0 Å².